The number of aliphatic hydroxyl groups excluding tert-OH is 2. The fraction of sp³-hybridized carbons (Fsp3) is 0.714. The zero-order chi connectivity index (χ0) is 89.6. The molecular formula is C70H119GdN19O27S3+3. The molecule has 0 aliphatic carbocycles. The number of rotatable bonds is 59. The van der Waals surface area contributed by atoms with Crippen LogP contribution in [0, 0.1) is 45.9 Å². The van der Waals surface area contributed by atoms with Crippen LogP contribution >= 0.6 is 37.0 Å². The van der Waals surface area contributed by atoms with E-state index in [1.165, 1.54) is 11.8 Å². The topological polar surface area (TPSA) is 706 Å². The Labute approximate surface area is 739 Å². The first-order valence-electron chi connectivity index (χ1n) is 38.4. The van der Waals surface area contributed by atoms with Gasteiger partial charge in [-0.3, -0.25) is 101 Å². The summed E-state index contributed by atoms with van der Waals surface area (Å²) >= 11 is 9.46. The van der Waals surface area contributed by atoms with Crippen molar-refractivity contribution in [1.82, 2.24) is 67.5 Å². The number of ether oxygens (including phenoxy) is 2. The molecular weight excluding hydrogens is 1790 g/mol. The van der Waals surface area contributed by atoms with E-state index in [1.54, 1.807) is 39.7 Å². The number of thiol groups is 2. The summed E-state index contributed by atoms with van der Waals surface area (Å²) in [5.74, 6) is -18.3. The maximum absolute atomic E-state index is 14.2. The largest absolute Gasteiger partial charge is 3.00 e. The second kappa shape index (κ2) is 59.7. The number of nitrogens with zero attached hydrogens (tertiary/aromatic N) is 5. The summed E-state index contributed by atoms with van der Waals surface area (Å²) in [7, 11) is 0. The minimum Gasteiger partial charge on any atom is -0.481 e. The average molecular weight is 1910 g/mol. The number of amides is 9. The van der Waals surface area contributed by atoms with Gasteiger partial charge in [0.2, 0.25) is 53.2 Å². The number of nitrogens with one attached hydrogen (secondary N) is 11. The third kappa shape index (κ3) is 43.2. The summed E-state index contributed by atoms with van der Waals surface area (Å²) in [4.78, 5) is 232. The van der Waals surface area contributed by atoms with E-state index >= 15 is 0 Å². The quantitative estimate of drug-likeness (QED) is 0.00947. The third-order valence-electron chi connectivity index (χ3n) is 18.2. The molecule has 0 aromatic heterocycles. The number of thioether (sulfide) groups is 1. The third-order valence-corrected chi connectivity index (χ3v) is 19.6. The Balaban J connectivity index is 0.0000720. The van der Waals surface area contributed by atoms with Crippen LogP contribution in [0.1, 0.15) is 91.9 Å². The van der Waals surface area contributed by atoms with E-state index in [2.05, 4.69) is 88.7 Å². The molecule has 120 heavy (non-hydrogen) atoms. The van der Waals surface area contributed by atoms with E-state index < -0.39 is 199 Å². The summed E-state index contributed by atoms with van der Waals surface area (Å²) in [6.45, 7) is 4.40. The standard InChI is InChI=1S/C70H119N19O27S3.Gd/c1-38(2)30-44(63(106)83-47(37-118)68(111)112)81-60(103)42(11-8-16-76-70(72)73)80-66(109)54(39(3)90)85-64(107)45(31-50(93)94)82-67(110)55(40(4)91)84-62(105)41(10-6-7-14-71)78-61(104)43(13-29-119-5)79-65(108)46(36-117)77-49(92)35-116-28-27-115-26-17-75-57-56(58(101)59(57)102)74-15-9-12-48(69(113)114)89-24-22-87(33-52(97)98)20-18-86(32-51(95)96)19-21-88(23-25-89)34-53(99)100;/h38-48,54-55,74-75,90-91,117-118H,6-37,71H2,1-5H3,(H,77,92)(H,78,104)(H,79,108)(H,80,109)(H,81,103)(H,82,110)(H,83,106)(H,84,105)(H,85,107)(H,93,94)(H,95,96)(H,97,98)(H,99,100)(H,111,112)(H,113,114)(H4,72,73,76);/q;+3/t39-,40-,41+,42+,43+,44+,45+,46+,47+,48?,54+,55+;/m1./s1. The molecule has 1 radical (unpaired) electrons. The van der Waals surface area contributed by atoms with Crippen LogP contribution in [-0.4, -0.2) is 376 Å². The molecule has 1 fully saturated rings. The number of carbonyl (C=O) groups excluding carboxylic acids is 9. The number of aliphatic hydroxyl groups is 2. The van der Waals surface area contributed by atoms with Gasteiger partial charge in [0, 0.05) is 83.5 Å². The van der Waals surface area contributed by atoms with E-state index in [0.29, 0.717) is 6.42 Å². The predicted octanol–water partition coefficient (Wildman–Crippen LogP) is -8.63. The second-order valence-corrected chi connectivity index (χ2v) is 30.1. The molecule has 1 unspecified atom stereocenters. The van der Waals surface area contributed by atoms with Gasteiger partial charge in [0.15, 0.2) is 5.96 Å². The van der Waals surface area contributed by atoms with Gasteiger partial charge in [0.05, 0.1) is 58.1 Å². The Kier molecular flexibility index (Phi) is 54.7. The van der Waals surface area contributed by atoms with Crippen molar-refractivity contribution in [2.45, 2.75) is 165 Å². The summed E-state index contributed by atoms with van der Waals surface area (Å²) in [6.07, 6.45) is -2.89. The van der Waals surface area contributed by atoms with Gasteiger partial charge in [-0.05, 0) is 96.1 Å². The van der Waals surface area contributed by atoms with Crippen molar-refractivity contribution in [2.24, 2.45) is 28.1 Å². The predicted molar refractivity (Wildman–Crippen MR) is 438 cm³/mol. The number of guanidine groups is 1. The van der Waals surface area contributed by atoms with Gasteiger partial charge in [-0.1, -0.05) is 13.8 Å². The number of hydrogen-bond donors (Lipinski definition) is 24. The molecule has 0 saturated carbocycles. The van der Waals surface area contributed by atoms with Crippen LogP contribution in [0.4, 0.5) is 11.4 Å². The van der Waals surface area contributed by atoms with E-state index in [4.69, 9.17) is 26.7 Å². The van der Waals surface area contributed by atoms with Crippen LogP contribution in [0.15, 0.2) is 14.6 Å². The van der Waals surface area contributed by atoms with Crippen LogP contribution < -0.4 is 86.5 Å². The Bertz CT molecular complexity index is 3570. The van der Waals surface area contributed by atoms with Crippen molar-refractivity contribution in [3.8, 4) is 0 Å². The maximum Gasteiger partial charge on any atom is 3.00 e. The molecule has 679 valence electrons. The number of unbranched alkanes of at least 4 members (excludes halogenated alkanes) is 1. The Morgan fingerprint density at radius 2 is 0.892 bits per heavy atom. The Morgan fingerprint density at radius 1 is 0.475 bits per heavy atom. The van der Waals surface area contributed by atoms with Crippen LogP contribution in [0.5, 0.6) is 0 Å². The summed E-state index contributed by atoms with van der Waals surface area (Å²) in [6, 6.07) is -15.9. The van der Waals surface area contributed by atoms with Gasteiger partial charge in [-0.15, -0.1) is 0 Å². The number of aliphatic imine (C=N–C) groups is 1. The van der Waals surface area contributed by atoms with E-state index in [9.17, 15) is 122 Å². The minimum absolute atomic E-state index is 0. The van der Waals surface area contributed by atoms with Gasteiger partial charge in [0.25, 0.3) is 10.9 Å². The van der Waals surface area contributed by atoms with Crippen molar-refractivity contribution in [3.63, 3.8) is 0 Å². The van der Waals surface area contributed by atoms with Crippen LogP contribution in [0.3, 0.4) is 0 Å². The first kappa shape index (κ1) is 110. The van der Waals surface area contributed by atoms with Gasteiger partial charge in [-0.25, -0.2) is 4.79 Å². The molecule has 46 nitrogen and oxygen atoms in total. The molecule has 0 spiro atoms. The zero-order valence-corrected chi connectivity index (χ0v) is 72.5. The summed E-state index contributed by atoms with van der Waals surface area (Å²) in [5.41, 5.74) is 14.9. The molecule has 1 aromatic carbocycles. The van der Waals surface area contributed by atoms with Gasteiger partial charge < -0.3 is 126 Å². The number of anilines is 2. The van der Waals surface area contributed by atoms with Gasteiger partial charge >= 0.3 is 75.8 Å². The Hall–Kier alpha value is -7.99. The maximum atomic E-state index is 14.2. The van der Waals surface area contributed by atoms with Crippen molar-refractivity contribution in [3.05, 3.63) is 20.4 Å². The monoisotopic (exact) mass is 1910 g/mol. The Morgan fingerprint density at radius 3 is 1.33 bits per heavy atom. The number of nitrogens with two attached hydrogens (primary N) is 3. The molecule has 25 N–H and O–H groups in total. The van der Waals surface area contributed by atoms with E-state index in [-0.39, 0.29) is 237 Å². The van der Waals surface area contributed by atoms with Crippen molar-refractivity contribution < 1.29 is 162 Å². The van der Waals surface area contributed by atoms with Crippen LogP contribution in [0.2, 0.25) is 0 Å². The smallest absolute Gasteiger partial charge is 0.481 e. The first-order valence-corrected chi connectivity index (χ1v) is 41.1. The fourth-order valence-corrected chi connectivity index (χ4v) is 12.9. The van der Waals surface area contributed by atoms with Crippen molar-refractivity contribution in [2.75, 3.05) is 159 Å². The number of carbonyl (C=O) groups is 15. The molecule has 12 atom stereocenters. The van der Waals surface area contributed by atoms with Crippen molar-refractivity contribution >= 4 is 143 Å². The molecule has 1 saturated heterocycles. The number of carboxylic acids is 6. The fourth-order valence-electron chi connectivity index (χ4n) is 11.9. The molecule has 1 aliphatic heterocycles. The number of aliphatic carboxylic acids is 6. The van der Waals surface area contributed by atoms with Gasteiger partial charge in [0.1, 0.15) is 78.4 Å². The molecule has 2 rings (SSSR count). The van der Waals surface area contributed by atoms with E-state index in [0.717, 1.165) is 13.8 Å². The number of hydrogen-bond acceptors (Lipinski definition) is 32. The van der Waals surface area contributed by atoms with Crippen LogP contribution in [0.25, 0.3) is 0 Å². The first-order chi connectivity index (χ1) is 56.2. The number of carboxylic acid groups (broad SMARTS) is 6. The van der Waals surface area contributed by atoms with Crippen molar-refractivity contribution in [1.29, 1.82) is 0 Å². The normalized spacial score (nSPS) is 16.2. The molecule has 9 amide bonds. The van der Waals surface area contributed by atoms with Gasteiger partial charge in [-0.2, -0.15) is 37.0 Å². The summed E-state index contributed by atoms with van der Waals surface area (Å²) in [5, 5.41) is 107. The molecule has 1 aromatic rings. The SMILES string of the molecule is CSCC[C@H](NC(=O)[C@H](CS)NC(=O)COCCOCCNc1c(NCCCC(C(=O)O)N2CCN(CC(=O)O)CCN(CC(=O)O)CCN(CC(=O)O)CC2)c(=O)c1=O)C(=O)N[C@@H](CCCCN)C(=O)N[C@H](C(=O)N[C@@H](CC(=O)O)C(=O)N[C@H](C(=O)N[C@@H](CCCN=C(N)N)C(=O)N[C@@H](CC(C)C)C(=O)N[C@@H](CS)C(=O)O)[C@@H](C)O)[C@@H](C)O.[Gd+3]. The molecule has 1 heterocycles. The molecule has 50 heteroatoms. The zero-order valence-electron chi connectivity index (χ0n) is 67.6. The average Bonchev–Trinajstić information content (AvgIpc) is 0.783. The van der Waals surface area contributed by atoms with E-state index in [1.807, 2.05) is 0 Å². The minimum atomic E-state index is -2.12. The van der Waals surface area contributed by atoms with Crippen LogP contribution in [-0.2, 0) is 81.4 Å². The molecule has 1 aliphatic rings. The summed E-state index contributed by atoms with van der Waals surface area (Å²) < 4.78 is 11.0. The second-order valence-electron chi connectivity index (χ2n) is 28.4. The molecule has 0 bridgehead atoms.